The van der Waals surface area contributed by atoms with Gasteiger partial charge in [-0.05, 0) is 30.7 Å². The molecule has 1 rings (SSSR count). The first-order chi connectivity index (χ1) is 7.13. The highest BCUT2D eigenvalue weighted by molar-refractivity contribution is 7.84. The molecular weight excluding hydrogens is 212 g/mol. The molecule has 3 nitrogen and oxygen atoms in total. The molecule has 0 aliphatic heterocycles. The Kier molecular flexibility index (Phi) is 4.78. The fourth-order valence-corrected chi connectivity index (χ4v) is 1.56. The minimum atomic E-state index is -0.956. The van der Waals surface area contributed by atoms with Crippen molar-refractivity contribution in [2.45, 2.75) is 24.3 Å². The van der Waals surface area contributed by atoms with Crippen LogP contribution in [0.25, 0.3) is 0 Å². The fourth-order valence-electron chi connectivity index (χ4n) is 1.04. The van der Waals surface area contributed by atoms with Gasteiger partial charge in [-0.25, -0.2) is 0 Å². The Labute approximate surface area is 92.5 Å². The summed E-state index contributed by atoms with van der Waals surface area (Å²) in [6, 6.07) is 7.06. The van der Waals surface area contributed by atoms with Crippen molar-refractivity contribution in [2.75, 3.05) is 12.9 Å². The van der Waals surface area contributed by atoms with E-state index in [-0.39, 0.29) is 0 Å². The van der Waals surface area contributed by atoms with Gasteiger partial charge in [0.2, 0.25) is 0 Å². The van der Waals surface area contributed by atoms with Gasteiger partial charge in [-0.15, -0.1) is 0 Å². The standard InChI is InChI=1S/C11H16O3S/c1-3-9(12)8-14-10-4-6-11(7-5-10)15(2)13/h4-7,9,12H,3,8H2,1-2H3. The van der Waals surface area contributed by atoms with Gasteiger partial charge in [0.05, 0.1) is 6.10 Å². The summed E-state index contributed by atoms with van der Waals surface area (Å²) < 4.78 is 16.4. The smallest absolute Gasteiger partial charge is 0.119 e. The lowest BCUT2D eigenvalue weighted by atomic mass is 10.3. The summed E-state index contributed by atoms with van der Waals surface area (Å²) in [6.45, 7) is 2.20. The van der Waals surface area contributed by atoms with E-state index in [0.717, 1.165) is 4.90 Å². The van der Waals surface area contributed by atoms with Crippen LogP contribution < -0.4 is 4.74 Å². The monoisotopic (exact) mass is 228 g/mol. The Bertz CT molecular complexity index is 321. The molecule has 0 spiro atoms. The summed E-state index contributed by atoms with van der Waals surface area (Å²) in [6.07, 6.45) is 1.89. The van der Waals surface area contributed by atoms with Gasteiger partial charge < -0.3 is 9.84 Å². The third-order valence-corrected chi connectivity index (χ3v) is 3.01. The molecule has 0 radical (unpaired) electrons. The summed E-state index contributed by atoms with van der Waals surface area (Å²) in [5, 5.41) is 9.29. The SMILES string of the molecule is CCC(O)COc1ccc(S(C)=O)cc1. The van der Waals surface area contributed by atoms with Crippen LogP contribution in [0.3, 0.4) is 0 Å². The van der Waals surface area contributed by atoms with Gasteiger partial charge in [-0.2, -0.15) is 0 Å². The van der Waals surface area contributed by atoms with E-state index in [2.05, 4.69) is 0 Å². The second-order valence-electron chi connectivity index (χ2n) is 3.30. The maximum atomic E-state index is 11.1. The third-order valence-electron chi connectivity index (χ3n) is 2.07. The van der Waals surface area contributed by atoms with Crippen molar-refractivity contribution >= 4 is 10.8 Å². The lowest BCUT2D eigenvalue weighted by molar-refractivity contribution is 0.104. The van der Waals surface area contributed by atoms with Gasteiger partial charge in [0, 0.05) is 22.0 Å². The topological polar surface area (TPSA) is 46.5 Å². The number of hydrogen-bond acceptors (Lipinski definition) is 3. The Morgan fingerprint density at radius 3 is 2.47 bits per heavy atom. The van der Waals surface area contributed by atoms with Crippen molar-refractivity contribution in [2.24, 2.45) is 0 Å². The van der Waals surface area contributed by atoms with Crippen molar-refractivity contribution in [1.29, 1.82) is 0 Å². The fraction of sp³-hybridized carbons (Fsp3) is 0.455. The molecule has 15 heavy (non-hydrogen) atoms. The first-order valence-electron chi connectivity index (χ1n) is 4.88. The summed E-state index contributed by atoms with van der Waals surface area (Å²) in [7, 11) is -0.956. The van der Waals surface area contributed by atoms with Crippen LogP contribution in [0.4, 0.5) is 0 Å². The maximum Gasteiger partial charge on any atom is 0.119 e. The molecule has 84 valence electrons. The first kappa shape index (κ1) is 12.2. The summed E-state index contributed by atoms with van der Waals surface area (Å²) in [5.74, 6) is 0.691. The van der Waals surface area contributed by atoms with Crippen molar-refractivity contribution in [1.82, 2.24) is 0 Å². The first-order valence-corrected chi connectivity index (χ1v) is 6.43. The average Bonchev–Trinajstić information content (AvgIpc) is 2.26. The van der Waals surface area contributed by atoms with Crippen LogP contribution in [0.1, 0.15) is 13.3 Å². The molecule has 2 atom stereocenters. The molecule has 0 aliphatic carbocycles. The second-order valence-corrected chi connectivity index (χ2v) is 4.68. The van der Waals surface area contributed by atoms with E-state index < -0.39 is 16.9 Å². The van der Waals surface area contributed by atoms with E-state index in [0.29, 0.717) is 18.8 Å². The number of rotatable bonds is 5. The quantitative estimate of drug-likeness (QED) is 0.832. The molecule has 0 aromatic heterocycles. The Balaban J connectivity index is 2.53. The van der Waals surface area contributed by atoms with Gasteiger partial charge in [0.25, 0.3) is 0 Å². The average molecular weight is 228 g/mol. The van der Waals surface area contributed by atoms with Crippen molar-refractivity contribution in [3.05, 3.63) is 24.3 Å². The number of ether oxygens (including phenoxy) is 1. The van der Waals surface area contributed by atoms with E-state index in [9.17, 15) is 9.32 Å². The zero-order valence-electron chi connectivity index (χ0n) is 8.97. The van der Waals surface area contributed by atoms with Crippen LogP contribution in [0.15, 0.2) is 29.2 Å². The summed E-state index contributed by atoms with van der Waals surface area (Å²) in [5.41, 5.74) is 0. The van der Waals surface area contributed by atoms with Crippen molar-refractivity contribution in [3.8, 4) is 5.75 Å². The zero-order valence-corrected chi connectivity index (χ0v) is 9.79. The predicted molar refractivity (Wildman–Crippen MR) is 60.6 cm³/mol. The molecule has 0 saturated carbocycles. The van der Waals surface area contributed by atoms with Gasteiger partial charge in [-0.3, -0.25) is 4.21 Å². The lowest BCUT2D eigenvalue weighted by Gasteiger charge is -2.10. The normalized spacial score (nSPS) is 14.6. The number of benzene rings is 1. The van der Waals surface area contributed by atoms with Gasteiger partial charge >= 0.3 is 0 Å². The van der Waals surface area contributed by atoms with Crippen LogP contribution in [-0.2, 0) is 10.8 Å². The molecular formula is C11H16O3S. The summed E-state index contributed by atoms with van der Waals surface area (Å²) in [4.78, 5) is 0.776. The van der Waals surface area contributed by atoms with Crippen molar-refractivity contribution in [3.63, 3.8) is 0 Å². The van der Waals surface area contributed by atoms with Gasteiger partial charge in [-0.1, -0.05) is 6.92 Å². The van der Waals surface area contributed by atoms with E-state index >= 15 is 0 Å². The Morgan fingerprint density at radius 2 is 2.00 bits per heavy atom. The molecule has 0 bridgehead atoms. The largest absolute Gasteiger partial charge is 0.491 e. The molecule has 0 heterocycles. The molecule has 0 saturated heterocycles. The molecule has 1 aromatic rings. The molecule has 4 heteroatoms. The van der Waals surface area contributed by atoms with Crippen LogP contribution in [0.5, 0.6) is 5.75 Å². The Morgan fingerprint density at radius 1 is 1.40 bits per heavy atom. The van der Waals surface area contributed by atoms with E-state index in [4.69, 9.17) is 4.74 Å². The van der Waals surface area contributed by atoms with Gasteiger partial charge in [0.15, 0.2) is 0 Å². The number of hydrogen-bond donors (Lipinski definition) is 1. The Hall–Kier alpha value is -0.870. The maximum absolute atomic E-state index is 11.1. The second kappa shape index (κ2) is 5.88. The van der Waals surface area contributed by atoms with E-state index in [1.165, 1.54) is 0 Å². The minimum Gasteiger partial charge on any atom is -0.491 e. The van der Waals surface area contributed by atoms with Crippen LogP contribution in [-0.4, -0.2) is 28.3 Å². The molecule has 1 aromatic carbocycles. The highest BCUT2D eigenvalue weighted by Gasteiger charge is 2.02. The van der Waals surface area contributed by atoms with Crippen LogP contribution >= 0.6 is 0 Å². The van der Waals surface area contributed by atoms with Crippen molar-refractivity contribution < 1.29 is 14.1 Å². The lowest BCUT2D eigenvalue weighted by Crippen LogP contribution is -2.15. The van der Waals surface area contributed by atoms with Gasteiger partial charge in [0.1, 0.15) is 12.4 Å². The van der Waals surface area contributed by atoms with Crippen LogP contribution in [0.2, 0.25) is 0 Å². The zero-order chi connectivity index (χ0) is 11.3. The molecule has 2 unspecified atom stereocenters. The number of aliphatic hydroxyl groups excluding tert-OH is 1. The molecule has 0 aliphatic rings. The molecule has 0 fully saturated rings. The molecule has 1 N–H and O–H groups in total. The van der Waals surface area contributed by atoms with Crippen LogP contribution in [0, 0.1) is 0 Å². The number of aliphatic hydroxyl groups is 1. The van der Waals surface area contributed by atoms with E-state index in [1.807, 2.05) is 6.92 Å². The molecule has 0 amide bonds. The third kappa shape index (κ3) is 4.01. The summed E-state index contributed by atoms with van der Waals surface area (Å²) >= 11 is 0. The highest BCUT2D eigenvalue weighted by atomic mass is 32.2. The minimum absolute atomic E-state index is 0.297. The highest BCUT2D eigenvalue weighted by Crippen LogP contribution is 2.14. The predicted octanol–water partition coefficient (Wildman–Crippen LogP) is 1.57. The van der Waals surface area contributed by atoms with E-state index in [1.54, 1.807) is 30.5 Å².